The van der Waals surface area contributed by atoms with Crippen molar-refractivity contribution >= 4 is 29.2 Å². The number of urea groups is 1. The van der Waals surface area contributed by atoms with Crippen LogP contribution in [0.3, 0.4) is 0 Å². The summed E-state index contributed by atoms with van der Waals surface area (Å²) in [6.07, 6.45) is 2.34. The third kappa shape index (κ3) is 4.77. The van der Waals surface area contributed by atoms with E-state index in [2.05, 4.69) is 10.6 Å². The monoisotopic (exact) mass is 330 g/mol. The highest BCUT2D eigenvalue weighted by Gasteiger charge is 2.23. The third-order valence-corrected chi connectivity index (χ3v) is 4.60. The van der Waals surface area contributed by atoms with Crippen molar-refractivity contribution in [1.29, 1.82) is 0 Å². The molecule has 0 aromatic heterocycles. The first-order valence-electron chi connectivity index (χ1n) is 7.13. The summed E-state index contributed by atoms with van der Waals surface area (Å²) >= 11 is 11.8. The standard InChI is InChI=1S/C15H20Cl2N2O2/c1-9(11-3-5-13(16)14(17)7-11)19-15(21)18-8-10-2-4-12(20)6-10/h3,5,7,9-10,12,20H,2,4,6,8H2,1H3,(H2,18,19,21)/t9-,10-,12-/m0/s1. The van der Waals surface area contributed by atoms with Crippen molar-refractivity contribution in [2.45, 2.75) is 38.3 Å². The Morgan fingerprint density at radius 1 is 1.38 bits per heavy atom. The predicted molar refractivity (Wildman–Crippen MR) is 84.8 cm³/mol. The molecule has 0 radical (unpaired) electrons. The Balaban J connectivity index is 1.80. The van der Waals surface area contributed by atoms with Gasteiger partial charge in [0.15, 0.2) is 0 Å². The zero-order chi connectivity index (χ0) is 15.4. The van der Waals surface area contributed by atoms with Crippen LogP contribution in [0.1, 0.15) is 37.8 Å². The van der Waals surface area contributed by atoms with Gasteiger partial charge in [-0.15, -0.1) is 0 Å². The molecule has 4 nitrogen and oxygen atoms in total. The van der Waals surface area contributed by atoms with E-state index in [9.17, 15) is 9.90 Å². The maximum atomic E-state index is 11.9. The summed E-state index contributed by atoms with van der Waals surface area (Å²) < 4.78 is 0. The van der Waals surface area contributed by atoms with Crippen LogP contribution in [0.15, 0.2) is 18.2 Å². The number of aliphatic hydroxyl groups excluding tert-OH is 1. The van der Waals surface area contributed by atoms with Crippen LogP contribution in [0.2, 0.25) is 10.0 Å². The van der Waals surface area contributed by atoms with Gasteiger partial charge in [-0.1, -0.05) is 29.3 Å². The summed E-state index contributed by atoms with van der Waals surface area (Å²) in [4.78, 5) is 11.9. The average Bonchev–Trinajstić information content (AvgIpc) is 2.85. The van der Waals surface area contributed by atoms with E-state index in [1.165, 1.54) is 0 Å². The van der Waals surface area contributed by atoms with Crippen molar-refractivity contribution in [1.82, 2.24) is 10.6 Å². The number of carbonyl (C=O) groups is 1. The van der Waals surface area contributed by atoms with Crippen LogP contribution >= 0.6 is 23.2 Å². The van der Waals surface area contributed by atoms with Crippen molar-refractivity contribution in [2.75, 3.05) is 6.54 Å². The summed E-state index contributed by atoms with van der Waals surface area (Å²) in [6, 6.07) is 4.94. The number of amides is 2. The lowest BCUT2D eigenvalue weighted by Crippen LogP contribution is -2.39. The summed E-state index contributed by atoms with van der Waals surface area (Å²) in [5.41, 5.74) is 0.899. The minimum absolute atomic E-state index is 0.158. The molecule has 3 N–H and O–H groups in total. The topological polar surface area (TPSA) is 61.4 Å². The maximum Gasteiger partial charge on any atom is 0.315 e. The van der Waals surface area contributed by atoms with Crippen LogP contribution < -0.4 is 10.6 Å². The zero-order valence-electron chi connectivity index (χ0n) is 11.9. The Morgan fingerprint density at radius 2 is 2.14 bits per heavy atom. The number of rotatable bonds is 4. The lowest BCUT2D eigenvalue weighted by Gasteiger charge is -2.17. The molecule has 0 bridgehead atoms. The molecular formula is C15H20Cl2N2O2. The van der Waals surface area contributed by atoms with Gasteiger partial charge in [0.2, 0.25) is 0 Å². The molecule has 116 valence electrons. The molecule has 1 aromatic rings. The van der Waals surface area contributed by atoms with E-state index in [0.717, 1.165) is 24.8 Å². The Labute approximate surface area is 134 Å². The Hall–Kier alpha value is -0.970. The molecule has 0 saturated heterocycles. The van der Waals surface area contributed by atoms with Gasteiger partial charge in [-0.2, -0.15) is 0 Å². The molecule has 1 aliphatic rings. The lowest BCUT2D eigenvalue weighted by molar-refractivity contribution is 0.177. The highest BCUT2D eigenvalue weighted by atomic mass is 35.5. The van der Waals surface area contributed by atoms with E-state index >= 15 is 0 Å². The van der Waals surface area contributed by atoms with Gasteiger partial charge >= 0.3 is 6.03 Å². The van der Waals surface area contributed by atoms with E-state index in [-0.39, 0.29) is 18.2 Å². The molecule has 21 heavy (non-hydrogen) atoms. The van der Waals surface area contributed by atoms with Gasteiger partial charge in [0, 0.05) is 6.54 Å². The zero-order valence-corrected chi connectivity index (χ0v) is 13.4. The number of hydrogen-bond donors (Lipinski definition) is 3. The number of nitrogens with one attached hydrogen (secondary N) is 2. The molecule has 2 rings (SSSR count). The first-order valence-corrected chi connectivity index (χ1v) is 7.88. The Kier molecular flexibility index (Phi) is 5.73. The fourth-order valence-corrected chi connectivity index (χ4v) is 2.89. The molecule has 6 heteroatoms. The molecule has 2 amide bonds. The largest absolute Gasteiger partial charge is 0.393 e. The van der Waals surface area contributed by atoms with Crippen LogP contribution in [-0.4, -0.2) is 23.8 Å². The van der Waals surface area contributed by atoms with Crippen molar-refractivity contribution in [2.24, 2.45) is 5.92 Å². The van der Waals surface area contributed by atoms with E-state index in [4.69, 9.17) is 23.2 Å². The van der Waals surface area contributed by atoms with Gasteiger partial charge in [0.05, 0.1) is 22.2 Å². The molecule has 3 atom stereocenters. The summed E-state index contributed by atoms with van der Waals surface area (Å²) in [5.74, 6) is 0.367. The van der Waals surface area contributed by atoms with Crippen molar-refractivity contribution < 1.29 is 9.90 Å². The quantitative estimate of drug-likeness (QED) is 0.791. The second-order valence-electron chi connectivity index (χ2n) is 5.58. The van der Waals surface area contributed by atoms with E-state index in [1.54, 1.807) is 12.1 Å². The Morgan fingerprint density at radius 3 is 2.76 bits per heavy atom. The number of aliphatic hydroxyl groups is 1. The molecule has 0 heterocycles. The number of benzene rings is 1. The van der Waals surface area contributed by atoms with Crippen LogP contribution in [0.25, 0.3) is 0 Å². The van der Waals surface area contributed by atoms with E-state index in [1.807, 2.05) is 13.0 Å². The summed E-state index contributed by atoms with van der Waals surface area (Å²) in [7, 11) is 0. The fraction of sp³-hybridized carbons (Fsp3) is 0.533. The molecule has 1 aromatic carbocycles. The maximum absolute atomic E-state index is 11.9. The fourth-order valence-electron chi connectivity index (χ4n) is 2.58. The van der Waals surface area contributed by atoms with Crippen LogP contribution in [0, 0.1) is 5.92 Å². The van der Waals surface area contributed by atoms with Gasteiger partial charge in [-0.25, -0.2) is 4.79 Å². The third-order valence-electron chi connectivity index (χ3n) is 3.86. The molecule has 0 unspecified atom stereocenters. The smallest absolute Gasteiger partial charge is 0.315 e. The summed E-state index contributed by atoms with van der Waals surface area (Å²) in [5, 5.41) is 16.1. The molecule has 0 spiro atoms. The van der Waals surface area contributed by atoms with E-state index in [0.29, 0.717) is 22.5 Å². The van der Waals surface area contributed by atoms with Gasteiger partial charge in [0.25, 0.3) is 0 Å². The minimum Gasteiger partial charge on any atom is -0.393 e. The van der Waals surface area contributed by atoms with Crippen LogP contribution in [0.5, 0.6) is 0 Å². The molecule has 1 saturated carbocycles. The minimum atomic E-state index is -0.213. The number of hydrogen-bond acceptors (Lipinski definition) is 2. The van der Waals surface area contributed by atoms with E-state index < -0.39 is 0 Å². The summed E-state index contributed by atoms with van der Waals surface area (Å²) in [6.45, 7) is 2.48. The van der Waals surface area contributed by atoms with Gasteiger partial charge in [-0.3, -0.25) is 0 Å². The first-order chi connectivity index (χ1) is 9.95. The molecule has 1 fully saturated rings. The van der Waals surface area contributed by atoms with Crippen LogP contribution in [-0.2, 0) is 0 Å². The van der Waals surface area contributed by atoms with Crippen LogP contribution in [0.4, 0.5) is 4.79 Å². The van der Waals surface area contributed by atoms with Gasteiger partial charge in [0.1, 0.15) is 0 Å². The SMILES string of the molecule is C[C@H](NC(=O)NC[C@H]1CC[C@H](O)C1)c1ccc(Cl)c(Cl)c1. The predicted octanol–water partition coefficient (Wildman–Crippen LogP) is 3.51. The lowest BCUT2D eigenvalue weighted by atomic mass is 10.1. The van der Waals surface area contributed by atoms with Crippen molar-refractivity contribution in [3.05, 3.63) is 33.8 Å². The highest BCUT2D eigenvalue weighted by Crippen LogP contribution is 2.26. The molecule has 0 aliphatic heterocycles. The second kappa shape index (κ2) is 7.34. The molecule has 1 aliphatic carbocycles. The van der Waals surface area contributed by atoms with Gasteiger partial charge in [-0.05, 0) is 49.8 Å². The average molecular weight is 331 g/mol. The normalized spacial score (nSPS) is 22.9. The highest BCUT2D eigenvalue weighted by molar-refractivity contribution is 6.42. The Bertz CT molecular complexity index is 510. The first kappa shape index (κ1) is 16.4. The van der Waals surface area contributed by atoms with Crippen molar-refractivity contribution in [3.8, 4) is 0 Å². The molecular weight excluding hydrogens is 311 g/mol. The van der Waals surface area contributed by atoms with Crippen molar-refractivity contribution in [3.63, 3.8) is 0 Å². The van der Waals surface area contributed by atoms with Gasteiger partial charge < -0.3 is 15.7 Å². The number of carbonyl (C=O) groups excluding carboxylic acids is 1. The second-order valence-corrected chi connectivity index (χ2v) is 6.40. The number of halogens is 2.